The standard InChI is InChI=1S/C26H32N2O2S/c1-3-4-11-20-27-25(22-12-7-5-8-13-22)26(23-14-9-6-10-15-23)28-31(29,30)24-18-16-21(2)17-19-24/h5-10,12-19,25-28H,3-4,11,20H2,1-2H3/t25-,26-/m0/s1. The van der Waals surface area contributed by atoms with Gasteiger partial charge in [-0.25, -0.2) is 13.1 Å². The van der Waals surface area contributed by atoms with Crippen molar-refractivity contribution in [2.24, 2.45) is 0 Å². The van der Waals surface area contributed by atoms with Gasteiger partial charge in [-0.05, 0) is 43.1 Å². The van der Waals surface area contributed by atoms with Crippen LogP contribution in [0.2, 0.25) is 0 Å². The molecule has 0 unspecified atom stereocenters. The third kappa shape index (κ3) is 6.50. The van der Waals surface area contributed by atoms with Crippen LogP contribution in [0.3, 0.4) is 0 Å². The van der Waals surface area contributed by atoms with Crippen molar-refractivity contribution in [1.82, 2.24) is 10.0 Å². The van der Waals surface area contributed by atoms with E-state index < -0.39 is 16.1 Å². The lowest BCUT2D eigenvalue weighted by Crippen LogP contribution is -2.39. The highest BCUT2D eigenvalue weighted by atomic mass is 32.2. The van der Waals surface area contributed by atoms with Crippen molar-refractivity contribution < 1.29 is 8.42 Å². The molecule has 164 valence electrons. The van der Waals surface area contributed by atoms with E-state index in [-0.39, 0.29) is 10.9 Å². The van der Waals surface area contributed by atoms with Crippen molar-refractivity contribution in [2.75, 3.05) is 6.54 Å². The van der Waals surface area contributed by atoms with E-state index in [0.29, 0.717) is 0 Å². The minimum atomic E-state index is -3.70. The zero-order chi connectivity index (χ0) is 22.1. The van der Waals surface area contributed by atoms with Crippen molar-refractivity contribution in [3.8, 4) is 0 Å². The SMILES string of the molecule is CCCCCN[C@@H](c1ccccc1)[C@@H](NS(=O)(=O)c1ccc(C)cc1)c1ccccc1. The molecular formula is C26H32N2O2S. The summed E-state index contributed by atoms with van der Waals surface area (Å²) in [6, 6.07) is 26.2. The number of benzene rings is 3. The first-order valence-corrected chi connectivity index (χ1v) is 12.4. The molecule has 5 heteroatoms. The van der Waals surface area contributed by atoms with Crippen LogP contribution in [-0.4, -0.2) is 15.0 Å². The third-order valence-electron chi connectivity index (χ3n) is 5.41. The van der Waals surface area contributed by atoms with Crippen LogP contribution < -0.4 is 10.0 Å². The Bertz CT molecular complexity index is 1020. The number of sulfonamides is 1. The Morgan fingerprint density at radius 2 is 1.29 bits per heavy atom. The Kier molecular flexibility index (Phi) is 8.41. The van der Waals surface area contributed by atoms with Crippen molar-refractivity contribution in [2.45, 2.75) is 50.1 Å². The smallest absolute Gasteiger partial charge is 0.241 e. The highest BCUT2D eigenvalue weighted by molar-refractivity contribution is 7.89. The first-order chi connectivity index (χ1) is 15.0. The summed E-state index contributed by atoms with van der Waals surface area (Å²) in [5.74, 6) is 0. The average molecular weight is 437 g/mol. The molecular weight excluding hydrogens is 404 g/mol. The first kappa shape index (κ1) is 23.2. The van der Waals surface area contributed by atoms with E-state index in [0.717, 1.165) is 42.5 Å². The van der Waals surface area contributed by atoms with E-state index in [4.69, 9.17) is 0 Å². The molecule has 2 N–H and O–H groups in total. The fourth-order valence-electron chi connectivity index (χ4n) is 3.66. The Balaban J connectivity index is 1.98. The molecule has 0 saturated heterocycles. The quantitative estimate of drug-likeness (QED) is 0.388. The van der Waals surface area contributed by atoms with E-state index in [1.54, 1.807) is 12.1 Å². The van der Waals surface area contributed by atoms with Crippen molar-refractivity contribution in [3.05, 3.63) is 102 Å². The van der Waals surface area contributed by atoms with Crippen LogP contribution in [0.4, 0.5) is 0 Å². The van der Waals surface area contributed by atoms with Crippen LogP contribution in [0, 0.1) is 6.92 Å². The number of hydrogen-bond acceptors (Lipinski definition) is 3. The third-order valence-corrected chi connectivity index (χ3v) is 6.87. The maximum Gasteiger partial charge on any atom is 0.241 e. The predicted molar refractivity (Wildman–Crippen MR) is 127 cm³/mol. The summed E-state index contributed by atoms with van der Waals surface area (Å²) in [4.78, 5) is 0.275. The van der Waals surface area contributed by atoms with Crippen molar-refractivity contribution in [3.63, 3.8) is 0 Å². The highest BCUT2D eigenvalue weighted by Crippen LogP contribution is 2.31. The van der Waals surface area contributed by atoms with Gasteiger partial charge in [-0.2, -0.15) is 0 Å². The lowest BCUT2D eigenvalue weighted by atomic mass is 9.94. The van der Waals surface area contributed by atoms with E-state index in [1.807, 2.05) is 79.7 Å². The van der Waals surface area contributed by atoms with Gasteiger partial charge in [0.15, 0.2) is 0 Å². The van der Waals surface area contributed by atoms with Gasteiger partial charge in [0.1, 0.15) is 0 Å². The van der Waals surface area contributed by atoms with E-state index >= 15 is 0 Å². The molecule has 0 bridgehead atoms. The van der Waals surface area contributed by atoms with Gasteiger partial charge in [0.2, 0.25) is 10.0 Å². The lowest BCUT2D eigenvalue weighted by molar-refractivity contribution is 0.417. The summed E-state index contributed by atoms with van der Waals surface area (Å²) in [5, 5.41) is 3.63. The predicted octanol–water partition coefficient (Wildman–Crippen LogP) is 5.54. The van der Waals surface area contributed by atoms with E-state index in [2.05, 4.69) is 17.0 Å². The number of unbranched alkanes of at least 4 members (excludes halogenated alkanes) is 2. The summed E-state index contributed by atoms with van der Waals surface area (Å²) >= 11 is 0. The average Bonchev–Trinajstić information content (AvgIpc) is 2.79. The molecule has 0 radical (unpaired) electrons. The molecule has 2 atom stereocenters. The summed E-state index contributed by atoms with van der Waals surface area (Å²) in [7, 11) is -3.70. The Morgan fingerprint density at radius 1 is 0.742 bits per heavy atom. The Morgan fingerprint density at radius 3 is 1.84 bits per heavy atom. The minimum Gasteiger partial charge on any atom is -0.308 e. The first-order valence-electron chi connectivity index (χ1n) is 10.9. The second-order valence-corrected chi connectivity index (χ2v) is 9.59. The van der Waals surface area contributed by atoms with Gasteiger partial charge < -0.3 is 5.32 Å². The molecule has 3 aromatic rings. The Hall–Kier alpha value is -2.47. The lowest BCUT2D eigenvalue weighted by Gasteiger charge is -2.30. The van der Waals surface area contributed by atoms with Gasteiger partial charge in [0.25, 0.3) is 0 Å². The summed E-state index contributed by atoms with van der Waals surface area (Å²) < 4.78 is 29.6. The number of rotatable bonds is 11. The molecule has 0 aliphatic rings. The van der Waals surface area contributed by atoms with Crippen LogP contribution in [0.5, 0.6) is 0 Å². The van der Waals surface area contributed by atoms with E-state index in [1.165, 1.54) is 0 Å². The molecule has 0 saturated carbocycles. The molecule has 0 aliphatic heterocycles. The van der Waals surface area contributed by atoms with E-state index in [9.17, 15) is 8.42 Å². The fourth-order valence-corrected chi connectivity index (χ4v) is 4.90. The molecule has 3 rings (SSSR count). The van der Waals surface area contributed by atoms with Crippen LogP contribution in [0.25, 0.3) is 0 Å². The number of hydrogen-bond donors (Lipinski definition) is 2. The van der Waals surface area contributed by atoms with Gasteiger partial charge in [0.05, 0.1) is 17.0 Å². The van der Waals surface area contributed by atoms with Crippen LogP contribution >= 0.6 is 0 Å². The normalized spacial score (nSPS) is 13.6. The largest absolute Gasteiger partial charge is 0.308 e. The van der Waals surface area contributed by atoms with Crippen molar-refractivity contribution >= 4 is 10.0 Å². The molecule has 0 aliphatic carbocycles. The zero-order valence-corrected chi connectivity index (χ0v) is 19.1. The molecule has 31 heavy (non-hydrogen) atoms. The zero-order valence-electron chi connectivity index (χ0n) is 18.3. The number of aryl methyl sites for hydroxylation is 1. The molecule has 0 fully saturated rings. The molecule has 0 spiro atoms. The number of nitrogens with one attached hydrogen (secondary N) is 2. The van der Waals surface area contributed by atoms with Crippen LogP contribution in [0.15, 0.2) is 89.8 Å². The van der Waals surface area contributed by atoms with Crippen LogP contribution in [0.1, 0.15) is 55.0 Å². The summed E-state index contributed by atoms with van der Waals surface area (Å²) in [6.07, 6.45) is 3.32. The van der Waals surface area contributed by atoms with Gasteiger partial charge in [-0.15, -0.1) is 0 Å². The molecule has 0 amide bonds. The molecule has 0 aromatic heterocycles. The molecule has 3 aromatic carbocycles. The maximum atomic E-state index is 13.3. The van der Waals surface area contributed by atoms with Crippen molar-refractivity contribution in [1.29, 1.82) is 0 Å². The molecule has 0 heterocycles. The molecule has 4 nitrogen and oxygen atoms in total. The van der Waals surface area contributed by atoms with Gasteiger partial charge in [-0.3, -0.25) is 0 Å². The fraction of sp³-hybridized carbons (Fsp3) is 0.308. The monoisotopic (exact) mass is 436 g/mol. The highest BCUT2D eigenvalue weighted by Gasteiger charge is 2.29. The summed E-state index contributed by atoms with van der Waals surface area (Å²) in [6.45, 7) is 4.95. The topological polar surface area (TPSA) is 58.2 Å². The minimum absolute atomic E-state index is 0.194. The Labute approximate surface area is 186 Å². The van der Waals surface area contributed by atoms with Gasteiger partial charge >= 0.3 is 0 Å². The van der Waals surface area contributed by atoms with Gasteiger partial charge in [0, 0.05) is 0 Å². The summed E-state index contributed by atoms with van der Waals surface area (Å²) in [5.41, 5.74) is 3.01. The second-order valence-electron chi connectivity index (χ2n) is 7.87. The van der Waals surface area contributed by atoms with Crippen LogP contribution in [-0.2, 0) is 10.0 Å². The maximum absolute atomic E-state index is 13.3. The van der Waals surface area contributed by atoms with Gasteiger partial charge in [-0.1, -0.05) is 98.1 Å². The second kappa shape index (κ2) is 11.2.